The van der Waals surface area contributed by atoms with Gasteiger partial charge in [0, 0.05) is 6.07 Å². The van der Waals surface area contributed by atoms with Crippen LogP contribution in [0.2, 0.25) is 0 Å². The third-order valence-electron chi connectivity index (χ3n) is 4.84. The first-order chi connectivity index (χ1) is 11.6. The first-order valence-electron chi connectivity index (χ1n) is 8.73. The molecule has 24 heavy (non-hydrogen) atoms. The molecule has 132 valence electrons. The van der Waals surface area contributed by atoms with Crippen LogP contribution in [-0.4, -0.2) is 23.7 Å². The van der Waals surface area contributed by atoms with E-state index in [2.05, 4.69) is 15.0 Å². The molecule has 1 unspecified atom stereocenters. The first-order valence-corrected chi connectivity index (χ1v) is 8.73. The molecule has 1 aromatic carbocycles. The second-order valence-corrected chi connectivity index (χ2v) is 6.60. The van der Waals surface area contributed by atoms with Gasteiger partial charge in [-0.2, -0.15) is 8.78 Å². The molecule has 1 aromatic rings. The highest BCUT2D eigenvalue weighted by molar-refractivity contribution is 5.97. The summed E-state index contributed by atoms with van der Waals surface area (Å²) < 4.78 is 28.9. The smallest absolute Gasteiger partial charge is 0.387 e. The summed E-state index contributed by atoms with van der Waals surface area (Å²) in [6, 6.07) is 4.53. The van der Waals surface area contributed by atoms with Gasteiger partial charge >= 0.3 is 6.61 Å². The predicted molar refractivity (Wildman–Crippen MR) is 90.2 cm³/mol. The molecule has 2 aliphatic rings. The van der Waals surface area contributed by atoms with E-state index in [-0.39, 0.29) is 5.75 Å². The van der Waals surface area contributed by atoms with Crippen molar-refractivity contribution in [2.75, 3.05) is 5.32 Å². The molecule has 2 N–H and O–H groups in total. The molecule has 1 saturated carbocycles. The fourth-order valence-electron chi connectivity index (χ4n) is 3.58. The average Bonchev–Trinajstić information content (AvgIpc) is 3.04. The number of unbranched alkanes of at least 4 members (excludes halogenated alkanes) is 1. The maximum absolute atomic E-state index is 12.3. The molecule has 0 aromatic heterocycles. The molecular formula is C18H24F2N2O2. The highest BCUT2D eigenvalue weighted by Gasteiger charge is 2.21. The van der Waals surface area contributed by atoms with E-state index in [4.69, 9.17) is 0 Å². The third kappa shape index (κ3) is 4.44. The lowest BCUT2D eigenvalue weighted by molar-refractivity contribution is -0.0498. The minimum atomic E-state index is -2.87. The quantitative estimate of drug-likeness (QED) is 0.699. The van der Waals surface area contributed by atoms with Crippen LogP contribution in [0.4, 0.5) is 20.2 Å². The summed E-state index contributed by atoms with van der Waals surface area (Å²) >= 11 is 0. The molecule has 0 saturated heterocycles. The van der Waals surface area contributed by atoms with Crippen LogP contribution in [0, 0.1) is 5.92 Å². The van der Waals surface area contributed by atoms with Gasteiger partial charge in [-0.05, 0) is 30.9 Å². The molecule has 0 amide bonds. The van der Waals surface area contributed by atoms with Crippen molar-refractivity contribution in [1.82, 2.24) is 0 Å². The molecule has 4 nitrogen and oxygen atoms in total. The molecule has 6 heteroatoms. The van der Waals surface area contributed by atoms with Crippen molar-refractivity contribution in [3.63, 3.8) is 0 Å². The number of hydrogen-bond acceptors (Lipinski definition) is 4. The highest BCUT2D eigenvalue weighted by atomic mass is 19.3. The molecule has 0 bridgehead atoms. The largest absolute Gasteiger partial charge is 0.435 e. The number of rotatable bonds is 7. The predicted octanol–water partition coefficient (Wildman–Crippen LogP) is 4.86. The zero-order chi connectivity index (χ0) is 16.9. The monoisotopic (exact) mass is 338 g/mol. The molecular weight excluding hydrogens is 314 g/mol. The molecule has 1 fully saturated rings. The van der Waals surface area contributed by atoms with Gasteiger partial charge in [0.05, 0.1) is 17.1 Å². The van der Waals surface area contributed by atoms with Gasteiger partial charge in [0.1, 0.15) is 5.75 Å². The zero-order valence-corrected chi connectivity index (χ0v) is 13.7. The number of nitrogens with zero attached hydrogens (tertiary/aromatic N) is 1. The Balaban J connectivity index is 1.55. The number of ether oxygens (including phenoxy) is 1. The summed E-state index contributed by atoms with van der Waals surface area (Å²) in [5.41, 5.74) is 1.86. The Morgan fingerprint density at radius 3 is 2.79 bits per heavy atom. The van der Waals surface area contributed by atoms with Crippen LogP contribution in [0.15, 0.2) is 23.2 Å². The van der Waals surface area contributed by atoms with Crippen LogP contribution in [0.1, 0.15) is 51.4 Å². The molecule has 0 spiro atoms. The SMILES string of the molecule is OC1Nc2cc(OC(F)F)ccc2N=C1CCCCC1CCCC1. The van der Waals surface area contributed by atoms with E-state index in [9.17, 15) is 13.9 Å². The van der Waals surface area contributed by atoms with Crippen molar-refractivity contribution in [2.24, 2.45) is 10.9 Å². The Hall–Kier alpha value is -1.69. The van der Waals surface area contributed by atoms with Gasteiger partial charge in [-0.15, -0.1) is 0 Å². The number of benzene rings is 1. The Labute approximate surface area is 140 Å². The van der Waals surface area contributed by atoms with Gasteiger partial charge in [-0.3, -0.25) is 4.99 Å². The van der Waals surface area contributed by atoms with Crippen molar-refractivity contribution in [3.05, 3.63) is 18.2 Å². The topological polar surface area (TPSA) is 53.8 Å². The lowest BCUT2D eigenvalue weighted by Crippen LogP contribution is -2.31. The minimum absolute atomic E-state index is 0.0543. The van der Waals surface area contributed by atoms with Gasteiger partial charge in [0.15, 0.2) is 6.23 Å². The molecule has 1 aliphatic heterocycles. The highest BCUT2D eigenvalue weighted by Crippen LogP contribution is 2.34. The summed E-state index contributed by atoms with van der Waals surface area (Å²) in [6.07, 6.45) is 8.77. The summed E-state index contributed by atoms with van der Waals surface area (Å²) in [6.45, 7) is -2.87. The number of aliphatic imine (C=N–C) groups is 1. The summed E-state index contributed by atoms with van der Waals surface area (Å²) in [5, 5.41) is 13.1. The van der Waals surface area contributed by atoms with E-state index in [1.54, 1.807) is 6.07 Å². The van der Waals surface area contributed by atoms with E-state index < -0.39 is 12.8 Å². The van der Waals surface area contributed by atoms with Crippen molar-refractivity contribution in [3.8, 4) is 5.75 Å². The number of aliphatic hydroxyl groups excluding tert-OH is 1. The van der Waals surface area contributed by atoms with Crippen molar-refractivity contribution in [2.45, 2.75) is 64.2 Å². The van der Waals surface area contributed by atoms with E-state index in [1.807, 2.05) is 0 Å². The molecule has 3 rings (SSSR count). The van der Waals surface area contributed by atoms with Crippen LogP contribution in [0.25, 0.3) is 0 Å². The van der Waals surface area contributed by atoms with Crippen LogP contribution in [0.5, 0.6) is 5.75 Å². The average molecular weight is 338 g/mol. The van der Waals surface area contributed by atoms with E-state index >= 15 is 0 Å². The Morgan fingerprint density at radius 1 is 1.25 bits per heavy atom. The number of aliphatic hydroxyl groups is 1. The van der Waals surface area contributed by atoms with Crippen LogP contribution < -0.4 is 10.1 Å². The Morgan fingerprint density at radius 2 is 2.04 bits per heavy atom. The van der Waals surface area contributed by atoms with E-state index in [0.29, 0.717) is 17.1 Å². The van der Waals surface area contributed by atoms with Crippen LogP contribution >= 0.6 is 0 Å². The molecule has 1 heterocycles. The lowest BCUT2D eigenvalue weighted by atomic mass is 9.98. The normalized spacial score (nSPS) is 20.7. The Bertz CT molecular complexity index is 586. The number of alkyl halides is 2. The number of hydrogen-bond donors (Lipinski definition) is 2. The molecule has 0 radical (unpaired) electrons. The van der Waals surface area contributed by atoms with Gasteiger partial charge < -0.3 is 15.2 Å². The van der Waals surface area contributed by atoms with Crippen LogP contribution in [-0.2, 0) is 0 Å². The van der Waals surface area contributed by atoms with E-state index in [1.165, 1.54) is 44.2 Å². The number of anilines is 1. The number of fused-ring (bicyclic) bond motifs is 1. The maximum atomic E-state index is 12.3. The second-order valence-electron chi connectivity index (χ2n) is 6.60. The number of halogens is 2. The second kappa shape index (κ2) is 7.92. The maximum Gasteiger partial charge on any atom is 0.387 e. The number of nitrogens with one attached hydrogen (secondary N) is 1. The van der Waals surface area contributed by atoms with E-state index in [0.717, 1.165) is 25.2 Å². The molecule has 1 atom stereocenters. The van der Waals surface area contributed by atoms with Gasteiger partial charge in [-0.25, -0.2) is 0 Å². The Kier molecular flexibility index (Phi) is 5.66. The fraction of sp³-hybridized carbons (Fsp3) is 0.611. The minimum Gasteiger partial charge on any atom is -0.435 e. The van der Waals surface area contributed by atoms with Crippen molar-refractivity contribution < 1.29 is 18.6 Å². The third-order valence-corrected chi connectivity index (χ3v) is 4.84. The summed E-state index contributed by atoms with van der Waals surface area (Å²) in [5.74, 6) is 0.939. The first kappa shape index (κ1) is 17.1. The lowest BCUT2D eigenvalue weighted by Gasteiger charge is -2.23. The van der Waals surface area contributed by atoms with Crippen LogP contribution in [0.3, 0.4) is 0 Å². The van der Waals surface area contributed by atoms with Gasteiger partial charge in [0.25, 0.3) is 0 Å². The van der Waals surface area contributed by atoms with Crippen molar-refractivity contribution >= 4 is 17.1 Å². The fourth-order valence-corrected chi connectivity index (χ4v) is 3.58. The summed E-state index contributed by atoms with van der Waals surface area (Å²) in [7, 11) is 0. The van der Waals surface area contributed by atoms with Crippen molar-refractivity contribution in [1.29, 1.82) is 0 Å². The summed E-state index contributed by atoms with van der Waals surface area (Å²) in [4.78, 5) is 4.48. The van der Waals surface area contributed by atoms with Gasteiger partial charge in [0.2, 0.25) is 0 Å². The standard InChI is InChI=1S/C18H24F2N2O2/c19-18(20)24-13-9-10-14-16(11-13)22-17(23)15(21-14)8-4-3-7-12-5-1-2-6-12/h9-12,17-18,22-23H,1-8H2. The van der Waals surface area contributed by atoms with Gasteiger partial charge in [-0.1, -0.05) is 38.5 Å². The molecule has 1 aliphatic carbocycles. The zero-order valence-electron chi connectivity index (χ0n) is 13.7.